The van der Waals surface area contributed by atoms with Gasteiger partial charge >= 0.3 is 5.97 Å². The Labute approximate surface area is 104 Å². The third-order valence-corrected chi connectivity index (χ3v) is 2.27. The maximum Gasteiger partial charge on any atom is 0.332 e. The van der Waals surface area contributed by atoms with Crippen LogP contribution in [0.25, 0.3) is 0 Å². The minimum Gasteiger partial charge on any atom is -0.479 e. The lowest BCUT2D eigenvalue weighted by Gasteiger charge is -2.09. The van der Waals surface area contributed by atoms with Gasteiger partial charge in [0.25, 0.3) is 0 Å². The van der Waals surface area contributed by atoms with Gasteiger partial charge in [-0.15, -0.1) is 0 Å². The number of carboxylic acids is 1. The van der Waals surface area contributed by atoms with Gasteiger partial charge in [-0.2, -0.15) is 0 Å². The Morgan fingerprint density at radius 2 is 2.17 bits per heavy atom. The maximum atomic E-state index is 13.2. The van der Waals surface area contributed by atoms with Crippen LogP contribution in [0.15, 0.2) is 18.2 Å². The third kappa shape index (κ3) is 4.14. The fourth-order valence-corrected chi connectivity index (χ4v) is 1.14. The fraction of sp³-hybridized carbons (Fsp3) is 0.333. The molecule has 1 amide bonds. The monoisotopic (exact) mass is 255 g/mol. The van der Waals surface area contributed by atoms with E-state index in [1.807, 2.05) is 0 Å². The van der Waals surface area contributed by atoms with E-state index in [0.717, 1.165) is 0 Å². The van der Waals surface area contributed by atoms with E-state index >= 15 is 0 Å². The Morgan fingerprint density at radius 3 is 2.72 bits per heavy atom. The number of nitrogens with one attached hydrogen (secondary N) is 1. The van der Waals surface area contributed by atoms with Gasteiger partial charge in [-0.05, 0) is 31.5 Å². The van der Waals surface area contributed by atoms with Crippen molar-refractivity contribution in [1.29, 1.82) is 0 Å². The van der Waals surface area contributed by atoms with Crippen LogP contribution in [0.3, 0.4) is 0 Å². The van der Waals surface area contributed by atoms with Gasteiger partial charge in [0.15, 0.2) is 6.10 Å². The summed E-state index contributed by atoms with van der Waals surface area (Å²) in [6, 6.07) is 4.27. The highest BCUT2D eigenvalue weighted by Gasteiger charge is 2.13. The lowest BCUT2D eigenvalue weighted by atomic mass is 10.2. The zero-order valence-corrected chi connectivity index (χ0v) is 10.1. The molecule has 0 spiro atoms. The van der Waals surface area contributed by atoms with E-state index in [1.54, 1.807) is 13.0 Å². The van der Waals surface area contributed by atoms with E-state index in [4.69, 9.17) is 9.84 Å². The summed E-state index contributed by atoms with van der Waals surface area (Å²) in [5.41, 5.74) is 0.776. The summed E-state index contributed by atoms with van der Waals surface area (Å²) in [6.45, 7) is 2.53. The van der Waals surface area contributed by atoms with Gasteiger partial charge in [-0.1, -0.05) is 6.07 Å². The molecule has 18 heavy (non-hydrogen) atoms. The van der Waals surface area contributed by atoms with Crippen molar-refractivity contribution in [3.8, 4) is 0 Å². The molecule has 1 aromatic carbocycles. The van der Waals surface area contributed by atoms with Gasteiger partial charge in [0, 0.05) is 5.69 Å². The van der Waals surface area contributed by atoms with Crippen LogP contribution in [0.5, 0.6) is 0 Å². The molecule has 0 saturated heterocycles. The molecule has 6 heteroatoms. The van der Waals surface area contributed by atoms with Gasteiger partial charge in [0.2, 0.25) is 5.91 Å². The van der Waals surface area contributed by atoms with Crippen LogP contribution in [-0.4, -0.2) is 29.7 Å². The molecule has 0 aromatic heterocycles. The van der Waals surface area contributed by atoms with Crippen molar-refractivity contribution in [2.45, 2.75) is 20.0 Å². The SMILES string of the molecule is Cc1ccc(NC(=O)CO[C@H](C)C(=O)O)cc1F. The Bertz CT molecular complexity index is 461. The van der Waals surface area contributed by atoms with Crippen molar-refractivity contribution in [3.05, 3.63) is 29.6 Å². The minimum absolute atomic E-state index is 0.301. The largest absolute Gasteiger partial charge is 0.479 e. The number of benzene rings is 1. The lowest BCUT2D eigenvalue weighted by molar-refractivity contribution is -0.150. The van der Waals surface area contributed by atoms with E-state index in [-0.39, 0.29) is 0 Å². The van der Waals surface area contributed by atoms with Crippen LogP contribution in [0.2, 0.25) is 0 Å². The number of aliphatic carboxylic acids is 1. The lowest BCUT2D eigenvalue weighted by Crippen LogP contribution is -2.26. The number of carboxylic acid groups (broad SMARTS) is 1. The van der Waals surface area contributed by atoms with E-state index in [1.165, 1.54) is 19.1 Å². The van der Waals surface area contributed by atoms with Crippen molar-refractivity contribution in [2.75, 3.05) is 11.9 Å². The topological polar surface area (TPSA) is 75.6 Å². The Hall–Kier alpha value is -1.95. The van der Waals surface area contributed by atoms with E-state index in [2.05, 4.69) is 5.32 Å². The van der Waals surface area contributed by atoms with E-state index in [9.17, 15) is 14.0 Å². The van der Waals surface area contributed by atoms with Crippen LogP contribution in [0, 0.1) is 12.7 Å². The molecule has 0 saturated carbocycles. The number of halogens is 1. The first-order valence-corrected chi connectivity index (χ1v) is 5.30. The Kier molecular flexibility index (Phi) is 4.79. The zero-order valence-electron chi connectivity index (χ0n) is 10.1. The number of ether oxygens (including phenoxy) is 1. The summed E-state index contributed by atoms with van der Waals surface area (Å²) in [4.78, 5) is 21.8. The first kappa shape index (κ1) is 14.1. The van der Waals surface area contributed by atoms with Gasteiger partial charge < -0.3 is 15.2 Å². The van der Waals surface area contributed by atoms with Crippen molar-refractivity contribution in [1.82, 2.24) is 0 Å². The minimum atomic E-state index is -1.15. The number of amides is 1. The molecule has 2 N–H and O–H groups in total. The third-order valence-electron chi connectivity index (χ3n) is 2.27. The van der Waals surface area contributed by atoms with E-state index < -0.39 is 30.4 Å². The fourth-order valence-electron chi connectivity index (χ4n) is 1.14. The summed E-state index contributed by atoms with van der Waals surface area (Å²) < 4.78 is 18.0. The molecule has 1 rings (SSSR count). The van der Waals surface area contributed by atoms with Crippen molar-refractivity contribution in [3.63, 3.8) is 0 Å². The molecule has 0 fully saturated rings. The predicted octanol–water partition coefficient (Wildman–Crippen LogP) is 1.56. The number of carbonyl (C=O) groups excluding carboxylic acids is 1. The van der Waals surface area contributed by atoms with Crippen molar-refractivity contribution < 1.29 is 23.8 Å². The first-order valence-electron chi connectivity index (χ1n) is 5.30. The molecule has 98 valence electrons. The van der Waals surface area contributed by atoms with Crippen molar-refractivity contribution >= 4 is 17.6 Å². The molecule has 0 aliphatic heterocycles. The number of aryl methyl sites for hydroxylation is 1. The highest BCUT2D eigenvalue weighted by molar-refractivity contribution is 5.91. The summed E-state index contributed by atoms with van der Waals surface area (Å²) >= 11 is 0. The van der Waals surface area contributed by atoms with Crippen molar-refractivity contribution in [2.24, 2.45) is 0 Å². The highest BCUT2D eigenvalue weighted by atomic mass is 19.1. The predicted molar refractivity (Wildman–Crippen MR) is 62.8 cm³/mol. The van der Waals surface area contributed by atoms with Crippen LogP contribution in [0.1, 0.15) is 12.5 Å². The normalized spacial score (nSPS) is 11.9. The molecule has 1 atom stereocenters. The van der Waals surface area contributed by atoms with Crippen LogP contribution in [0.4, 0.5) is 10.1 Å². The summed E-state index contributed by atoms with van der Waals surface area (Å²) in [7, 11) is 0. The summed E-state index contributed by atoms with van der Waals surface area (Å²) in [6.07, 6.45) is -1.06. The average molecular weight is 255 g/mol. The maximum absolute atomic E-state index is 13.2. The van der Waals surface area contributed by atoms with Gasteiger partial charge in [0.05, 0.1) is 0 Å². The molecular weight excluding hydrogens is 241 g/mol. The van der Waals surface area contributed by atoms with E-state index in [0.29, 0.717) is 11.3 Å². The summed E-state index contributed by atoms with van der Waals surface area (Å²) in [5, 5.41) is 11.0. The van der Waals surface area contributed by atoms with Crippen LogP contribution < -0.4 is 5.32 Å². The second kappa shape index (κ2) is 6.11. The highest BCUT2D eigenvalue weighted by Crippen LogP contribution is 2.13. The standard InChI is InChI=1S/C12H14FNO4/c1-7-3-4-9(5-10(7)13)14-11(15)6-18-8(2)12(16)17/h3-5,8H,6H2,1-2H3,(H,14,15)(H,16,17)/t8-/m1/s1. The second-order valence-corrected chi connectivity index (χ2v) is 3.80. The van der Waals surface area contributed by atoms with Crippen LogP contribution >= 0.6 is 0 Å². The Morgan fingerprint density at radius 1 is 1.50 bits per heavy atom. The molecule has 0 radical (unpaired) electrons. The summed E-state index contributed by atoms with van der Waals surface area (Å²) in [5.74, 6) is -2.11. The Balaban J connectivity index is 2.49. The van der Waals surface area contributed by atoms with Gasteiger partial charge in [-0.3, -0.25) is 4.79 Å². The second-order valence-electron chi connectivity index (χ2n) is 3.80. The number of anilines is 1. The smallest absolute Gasteiger partial charge is 0.332 e. The molecule has 0 bridgehead atoms. The molecule has 0 aliphatic carbocycles. The average Bonchev–Trinajstić information content (AvgIpc) is 2.30. The molecule has 0 unspecified atom stereocenters. The quantitative estimate of drug-likeness (QED) is 0.837. The first-order chi connectivity index (χ1) is 8.40. The molecule has 5 nitrogen and oxygen atoms in total. The van der Waals surface area contributed by atoms with Crippen LogP contribution in [-0.2, 0) is 14.3 Å². The number of hydrogen-bond donors (Lipinski definition) is 2. The molecule has 0 aliphatic rings. The van der Waals surface area contributed by atoms with Gasteiger partial charge in [-0.25, -0.2) is 9.18 Å². The molecular formula is C12H14FNO4. The molecule has 0 heterocycles. The number of rotatable bonds is 5. The number of carbonyl (C=O) groups is 2. The molecule has 1 aromatic rings. The number of hydrogen-bond acceptors (Lipinski definition) is 3. The van der Waals surface area contributed by atoms with Gasteiger partial charge in [0.1, 0.15) is 12.4 Å². The zero-order chi connectivity index (χ0) is 13.7.